The second-order valence-electron chi connectivity index (χ2n) is 5.29. The Hall–Kier alpha value is -2.40. The van der Waals surface area contributed by atoms with Gasteiger partial charge in [0.25, 0.3) is 0 Å². The van der Waals surface area contributed by atoms with Gasteiger partial charge in [-0.25, -0.2) is 0 Å². The molecule has 0 bridgehead atoms. The summed E-state index contributed by atoms with van der Waals surface area (Å²) in [5.41, 5.74) is 3.08. The first-order valence-electron chi connectivity index (χ1n) is 6.90. The lowest BCUT2D eigenvalue weighted by Gasteiger charge is -2.28. The normalized spacial score (nSPS) is 19.3. The van der Waals surface area contributed by atoms with Gasteiger partial charge in [-0.15, -0.1) is 0 Å². The summed E-state index contributed by atoms with van der Waals surface area (Å²) in [7, 11) is 0. The molecule has 5 heteroatoms. The number of nitrogens with one attached hydrogen (secondary N) is 1. The highest BCUT2D eigenvalue weighted by molar-refractivity contribution is 5.52. The lowest BCUT2D eigenvalue weighted by atomic mass is 9.89. The van der Waals surface area contributed by atoms with Crippen LogP contribution in [0.5, 0.6) is 23.0 Å². The molecule has 2 heterocycles. The summed E-state index contributed by atoms with van der Waals surface area (Å²) in [5, 5.41) is 22.9. The highest BCUT2D eigenvalue weighted by atomic mass is 16.7. The van der Waals surface area contributed by atoms with E-state index in [0.29, 0.717) is 0 Å². The van der Waals surface area contributed by atoms with E-state index in [4.69, 9.17) is 9.47 Å². The minimum atomic E-state index is -0.0943. The number of rotatable bonds is 1. The van der Waals surface area contributed by atoms with Crippen molar-refractivity contribution in [1.29, 1.82) is 0 Å². The second kappa shape index (κ2) is 4.56. The molecule has 3 N–H and O–H groups in total. The highest BCUT2D eigenvalue weighted by Crippen LogP contribution is 2.39. The predicted octanol–water partition coefficient (Wildman–Crippen LogP) is 2.06. The van der Waals surface area contributed by atoms with Crippen molar-refractivity contribution in [2.45, 2.75) is 12.5 Å². The zero-order chi connectivity index (χ0) is 14.4. The van der Waals surface area contributed by atoms with E-state index in [2.05, 4.69) is 5.32 Å². The minimum absolute atomic E-state index is 0.0326. The van der Waals surface area contributed by atoms with Crippen LogP contribution in [0.3, 0.4) is 0 Å². The number of fused-ring (bicyclic) bond motifs is 2. The van der Waals surface area contributed by atoms with Crippen LogP contribution in [0.2, 0.25) is 0 Å². The number of benzene rings is 2. The molecule has 0 amide bonds. The summed E-state index contributed by atoms with van der Waals surface area (Å²) in [6.45, 7) is 1.07. The number of phenolic OH excluding ortho intramolecular Hbond substituents is 2. The summed E-state index contributed by atoms with van der Waals surface area (Å²) >= 11 is 0. The van der Waals surface area contributed by atoms with Crippen LogP contribution in [0.4, 0.5) is 0 Å². The summed E-state index contributed by atoms with van der Waals surface area (Å²) in [4.78, 5) is 0. The van der Waals surface area contributed by atoms with Gasteiger partial charge in [0, 0.05) is 6.54 Å². The zero-order valence-corrected chi connectivity index (χ0v) is 11.3. The molecule has 1 atom stereocenters. The fraction of sp³-hybridized carbons (Fsp3) is 0.250. The molecular weight excluding hydrogens is 270 g/mol. The molecule has 2 aromatic carbocycles. The van der Waals surface area contributed by atoms with Crippen LogP contribution < -0.4 is 14.8 Å². The molecule has 0 aliphatic carbocycles. The Morgan fingerprint density at radius 2 is 1.81 bits per heavy atom. The van der Waals surface area contributed by atoms with Crippen LogP contribution in [0, 0.1) is 0 Å². The van der Waals surface area contributed by atoms with Crippen molar-refractivity contribution in [1.82, 2.24) is 5.32 Å². The van der Waals surface area contributed by atoms with Gasteiger partial charge in [-0.1, -0.05) is 6.07 Å². The highest BCUT2D eigenvalue weighted by Gasteiger charge is 2.25. The van der Waals surface area contributed by atoms with E-state index >= 15 is 0 Å². The first-order valence-corrected chi connectivity index (χ1v) is 6.90. The molecule has 4 rings (SSSR count). The molecule has 0 radical (unpaired) electrons. The Balaban J connectivity index is 1.79. The van der Waals surface area contributed by atoms with Crippen molar-refractivity contribution in [2.75, 3.05) is 13.3 Å². The van der Waals surface area contributed by atoms with E-state index in [0.717, 1.165) is 41.2 Å². The second-order valence-corrected chi connectivity index (χ2v) is 5.29. The third kappa shape index (κ3) is 1.97. The fourth-order valence-corrected chi connectivity index (χ4v) is 2.97. The smallest absolute Gasteiger partial charge is 0.231 e. The van der Waals surface area contributed by atoms with E-state index in [1.165, 1.54) is 0 Å². The SMILES string of the molecule is Oc1cc2c(cc1O)[C@@H](c1ccc3c(c1)OCO3)NCC2. The number of aromatic hydroxyl groups is 2. The summed E-state index contributed by atoms with van der Waals surface area (Å²) in [6, 6.07) is 9.09. The van der Waals surface area contributed by atoms with Crippen LogP contribution >= 0.6 is 0 Å². The van der Waals surface area contributed by atoms with Crippen LogP contribution in [0.25, 0.3) is 0 Å². The van der Waals surface area contributed by atoms with Crippen molar-refractivity contribution in [3.63, 3.8) is 0 Å². The van der Waals surface area contributed by atoms with Gasteiger partial charge >= 0.3 is 0 Å². The van der Waals surface area contributed by atoms with Gasteiger partial charge < -0.3 is 25.0 Å². The minimum Gasteiger partial charge on any atom is -0.504 e. The quantitative estimate of drug-likeness (QED) is 0.700. The van der Waals surface area contributed by atoms with Crippen LogP contribution in [0.15, 0.2) is 30.3 Å². The van der Waals surface area contributed by atoms with Gasteiger partial charge in [0.2, 0.25) is 6.79 Å². The molecule has 0 aromatic heterocycles. The maximum atomic E-state index is 9.77. The Kier molecular flexibility index (Phi) is 2.68. The van der Waals surface area contributed by atoms with Crippen molar-refractivity contribution < 1.29 is 19.7 Å². The van der Waals surface area contributed by atoms with Gasteiger partial charge in [0.05, 0.1) is 6.04 Å². The molecule has 2 aliphatic rings. The molecule has 0 spiro atoms. The van der Waals surface area contributed by atoms with Crippen LogP contribution in [0.1, 0.15) is 22.7 Å². The van der Waals surface area contributed by atoms with E-state index in [1.807, 2.05) is 18.2 Å². The van der Waals surface area contributed by atoms with Gasteiger partial charge in [-0.3, -0.25) is 0 Å². The van der Waals surface area contributed by atoms with Crippen molar-refractivity contribution in [3.8, 4) is 23.0 Å². The Bertz CT molecular complexity index is 714. The van der Waals surface area contributed by atoms with Gasteiger partial charge in [0.15, 0.2) is 23.0 Å². The molecule has 0 unspecified atom stereocenters. The molecule has 21 heavy (non-hydrogen) atoms. The third-order valence-corrected chi connectivity index (χ3v) is 4.02. The topological polar surface area (TPSA) is 71.0 Å². The fourth-order valence-electron chi connectivity index (χ4n) is 2.97. The summed E-state index contributed by atoms with van der Waals surface area (Å²) in [5.74, 6) is 1.33. The molecule has 0 fully saturated rings. The van der Waals surface area contributed by atoms with E-state index in [1.54, 1.807) is 12.1 Å². The summed E-state index contributed by atoms with van der Waals surface area (Å²) < 4.78 is 10.8. The maximum absolute atomic E-state index is 9.77. The lowest BCUT2D eigenvalue weighted by Crippen LogP contribution is -2.30. The molecular formula is C16H15NO4. The molecule has 0 saturated carbocycles. The monoisotopic (exact) mass is 285 g/mol. The molecule has 2 aliphatic heterocycles. The molecule has 2 aromatic rings. The molecule has 0 saturated heterocycles. The van der Waals surface area contributed by atoms with Crippen LogP contribution in [-0.4, -0.2) is 23.6 Å². The first-order chi connectivity index (χ1) is 10.2. The van der Waals surface area contributed by atoms with Gasteiger partial charge in [-0.2, -0.15) is 0 Å². The van der Waals surface area contributed by atoms with Crippen LogP contribution in [-0.2, 0) is 6.42 Å². The van der Waals surface area contributed by atoms with Crippen molar-refractivity contribution in [3.05, 3.63) is 47.0 Å². The van der Waals surface area contributed by atoms with Crippen molar-refractivity contribution >= 4 is 0 Å². The summed E-state index contributed by atoms with van der Waals surface area (Å²) in [6.07, 6.45) is 0.824. The Morgan fingerprint density at radius 1 is 1.00 bits per heavy atom. The largest absolute Gasteiger partial charge is 0.504 e. The predicted molar refractivity (Wildman–Crippen MR) is 75.9 cm³/mol. The maximum Gasteiger partial charge on any atom is 0.231 e. The average molecular weight is 285 g/mol. The van der Waals surface area contributed by atoms with E-state index < -0.39 is 0 Å². The molecule has 5 nitrogen and oxygen atoms in total. The number of hydrogen-bond donors (Lipinski definition) is 3. The van der Waals surface area contributed by atoms with E-state index in [9.17, 15) is 10.2 Å². The zero-order valence-electron chi connectivity index (χ0n) is 11.3. The third-order valence-electron chi connectivity index (χ3n) is 4.02. The first kappa shape index (κ1) is 12.3. The number of ether oxygens (including phenoxy) is 2. The molecule has 108 valence electrons. The lowest BCUT2D eigenvalue weighted by molar-refractivity contribution is 0.174. The van der Waals surface area contributed by atoms with Gasteiger partial charge in [0.1, 0.15) is 0 Å². The Labute approximate surface area is 121 Å². The standard InChI is InChI=1S/C16H15NO4/c18-12-5-9-3-4-17-16(11(9)7-13(12)19)10-1-2-14-15(6-10)21-8-20-14/h1-2,5-7,16-19H,3-4,8H2/t16-/m1/s1. The van der Waals surface area contributed by atoms with E-state index in [-0.39, 0.29) is 24.3 Å². The Morgan fingerprint density at radius 3 is 2.71 bits per heavy atom. The van der Waals surface area contributed by atoms with Crippen molar-refractivity contribution in [2.24, 2.45) is 0 Å². The van der Waals surface area contributed by atoms with Gasteiger partial charge in [-0.05, 0) is 47.4 Å². The average Bonchev–Trinajstić information content (AvgIpc) is 2.95. The number of hydrogen-bond acceptors (Lipinski definition) is 5. The number of phenols is 2.